The molecule has 4 heterocycles. The number of anilines is 2. The number of benzene rings is 1. The van der Waals surface area contributed by atoms with Gasteiger partial charge in [0.25, 0.3) is 0 Å². The van der Waals surface area contributed by atoms with Crippen molar-refractivity contribution >= 4 is 11.6 Å². The van der Waals surface area contributed by atoms with Crippen molar-refractivity contribution in [2.45, 2.75) is 37.8 Å². The molecule has 2 aliphatic rings. The molecule has 0 aliphatic carbocycles. The van der Waals surface area contributed by atoms with Gasteiger partial charge in [-0.3, -0.25) is 4.68 Å². The third-order valence-corrected chi connectivity index (χ3v) is 6.05. The average Bonchev–Trinajstić information content (AvgIpc) is 3.34. The first-order valence-corrected chi connectivity index (χ1v) is 11.4. The second-order valence-corrected chi connectivity index (χ2v) is 8.33. The standard InChI is InChI=1S/C24H27N7O2/c25-14-18-13-17(1-2-23(18)33-21-6-11-32-12-7-21)22-5-10-27-24(30-22)29-19-15-28-31(16-19)20-3-8-26-9-4-20/h1-2,5,10,13,15-16,20-21,26H,3-4,6-9,11-12H2,(H,27,29,30). The summed E-state index contributed by atoms with van der Waals surface area (Å²) >= 11 is 0. The highest BCUT2D eigenvalue weighted by molar-refractivity contribution is 5.65. The van der Waals surface area contributed by atoms with Crippen LogP contribution in [0.2, 0.25) is 0 Å². The number of piperidine rings is 1. The van der Waals surface area contributed by atoms with Crippen LogP contribution >= 0.6 is 0 Å². The molecule has 170 valence electrons. The molecular weight excluding hydrogens is 418 g/mol. The Bertz CT molecular complexity index is 1130. The molecule has 0 amide bonds. The third-order valence-electron chi connectivity index (χ3n) is 6.05. The van der Waals surface area contributed by atoms with E-state index < -0.39 is 0 Å². The number of rotatable bonds is 6. The normalized spacial score (nSPS) is 17.4. The first-order chi connectivity index (χ1) is 16.3. The monoisotopic (exact) mass is 445 g/mol. The number of hydrogen-bond acceptors (Lipinski definition) is 8. The van der Waals surface area contributed by atoms with Gasteiger partial charge in [0.15, 0.2) is 0 Å². The van der Waals surface area contributed by atoms with E-state index in [2.05, 4.69) is 31.8 Å². The highest BCUT2D eigenvalue weighted by atomic mass is 16.5. The number of nitriles is 1. The van der Waals surface area contributed by atoms with Crippen molar-refractivity contribution in [2.24, 2.45) is 0 Å². The summed E-state index contributed by atoms with van der Waals surface area (Å²) < 4.78 is 13.5. The summed E-state index contributed by atoms with van der Waals surface area (Å²) in [6, 6.07) is 10.1. The van der Waals surface area contributed by atoms with Gasteiger partial charge in [-0.05, 0) is 50.2 Å². The zero-order valence-electron chi connectivity index (χ0n) is 18.4. The largest absolute Gasteiger partial charge is 0.489 e. The van der Waals surface area contributed by atoms with Crippen molar-refractivity contribution in [1.82, 2.24) is 25.1 Å². The van der Waals surface area contributed by atoms with Crippen LogP contribution in [0, 0.1) is 11.3 Å². The molecule has 0 radical (unpaired) electrons. The lowest BCUT2D eigenvalue weighted by molar-refractivity contribution is 0.0254. The molecule has 5 rings (SSSR count). The Morgan fingerprint density at radius 1 is 1.15 bits per heavy atom. The van der Waals surface area contributed by atoms with E-state index in [0.717, 1.165) is 55.7 Å². The van der Waals surface area contributed by atoms with Crippen LogP contribution in [0.1, 0.15) is 37.3 Å². The average molecular weight is 446 g/mol. The van der Waals surface area contributed by atoms with Crippen LogP contribution in [0.5, 0.6) is 5.75 Å². The molecule has 3 aromatic rings. The molecule has 0 spiro atoms. The van der Waals surface area contributed by atoms with Gasteiger partial charge in [-0.25, -0.2) is 9.97 Å². The number of nitrogens with zero attached hydrogens (tertiary/aromatic N) is 5. The van der Waals surface area contributed by atoms with Crippen molar-refractivity contribution in [2.75, 3.05) is 31.6 Å². The molecule has 9 nitrogen and oxygen atoms in total. The predicted octanol–water partition coefficient (Wildman–Crippen LogP) is 3.44. The van der Waals surface area contributed by atoms with Gasteiger partial charge in [0, 0.05) is 30.8 Å². The van der Waals surface area contributed by atoms with Crippen LogP contribution in [0.25, 0.3) is 11.3 Å². The van der Waals surface area contributed by atoms with Crippen LogP contribution in [0.4, 0.5) is 11.6 Å². The SMILES string of the molecule is N#Cc1cc(-c2ccnc(Nc3cnn(C4CCNCC4)c3)n2)ccc1OC1CCOCC1. The molecule has 9 heteroatoms. The van der Waals surface area contributed by atoms with Crippen molar-refractivity contribution < 1.29 is 9.47 Å². The maximum Gasteiger partial charge on any atom is 0.227 e. The molecule has 1 aromatic carbocycles. The van der Waals surface area contributed by atoms with Gasteiger partial charge in [0.1, 0.15) is 17.9 Å². The van der Waals surface area contributed by atoms with Gasteiger partial charge in [0.2, 0.25) is 5.95 Å². The molecule has 0 bridgehead atoms. The number of ether oxygens (including phenoxy) is 2. The summed E-state index contributed by atoms with van der Waals surface area (Å²) in [5.41, 5.74) is 2.91. The lowest BCUT2D eigenvalue weighted by atomic mass is 10.1. The Morgan fingerprint density at radius 2 is 2.00 bits per heavy atom. The van der Waals surface area contributed by atoms with E-state index in [9.17, 15) is 5.26 Å². The van der Waals surface area contributed by atoms with Gasteiger partial charge >= 0.3 is 0 Å². The van der Waals surface area contributed by atoms with Crippen LogP contribution in [0.3, 0.4) is 0 Å². The van der Waals surface area contributed by atoms with E-state index in [1.807, 2.05) is 35.1 Å². The maximum atomic E-state index is 9.67. The van der Waals surface area contributed by atoms with Gasteiger partial charge in [-0.15, -0.1) is 0 Å². The van der Waals surface area contributed by atoms with E-state index >= 15 is 0 Å². The van der Waals surface area contributed by atoms with E-state index in [1.165, 1.54) is 0 Å². The van der Waals surface area contributed by atoms with Gasteiger partial charge in [-0.1, -0.05) is 0 Å². The quantitative estimate of drug-likeness (QED) is 0.594. The zero-order chi connectivity index (χ0) is 22.5. The third kappa shape index (κ3) is 5.13. The minimum absolute atomic E-state index is 0.0809. The van der Waals surface area contributed by atoms with Crippen molar-refractivity contribution in [1.29, 1.82) is 5.26 Å². The lowest BCUT2D eigenvalue weighted by Crippen LogP contribution is -2.29. The van der Waals surface area contributed by atoms with Crippen molar-refractivity contribution in [3.8, 4) is 23.1 Å². The van der Waals surface area contributed by atoms with E-state index in [1.54, 1.807) is 12.4 Å². The highest BCUT2D eigenvalue weighted by Gasteiger charge is 2.18. The second kappa shape index (κ2) is 9.98. The lowest BCUT2D eigenvalue weighted by Gasteiger charge is -2.23. The summed E-state index contributed by atoms with van der Waals surface area (Å²) in [7, 11) is 0. The summed E-state index contributed by atoms with van der Waals surface area (Å²) in [5, 5.41) is 20.8. The molecule has 0 saturated carbocycles. The molecule has 2 fully saturated rings. The van der Waals surface area contributed by atoms with Crippen LogP contribution in [-0.2, 0) is 4.74 Å². The molecular formula is C24H27N7O2. The smallest absolute Gasteiger partial charge is 0.227 e. The Morgan fingerprint density at radius 3 is 2.82 bits per heavy atom. The Balaban J connectivity index is 1.30. The Labute approximate surface area is 192 Å². The molecule has 2 aliphatic heterocycles. The van der Waals surface area contributed by atoms with E-state index in [-0.39, 0.29) is 6.10 Å². The molecule has 0 atom stereocenters. The molecule has 2 N–H and O–H groups in total. The zero-order valence-corrected chi connectivity index (χ0v) is 18.4. The number of aromatic nitrogens is 4. The fraction of sp³-hybridized carbons (Fsp3) is 0.417. The first kappa shape index (κ1) is 21.4. The molecule has 2 aromatic heterocycles. The van der Waals surface area contributed by atoms with Crippen molar-refractivity contribution in [3.05, 3.63) is 48.4 Å². The topological polar surface area (TPSA) is 110 Å². The number of hydrogen-bond donors (Lipinski definition) is 2. The first-order valence-electron chi connectivity index (χ1n) is 11.4. The summed E-state index contributed by atoms with van der Waals surface area (Å²) in [6.07, 6.45) is 9.41. The molecule has 2 saturated heterocycles. The highest BCUT2D eigenvalue weighted by Crippen LogP contribution is 2.28. The summed E-state index contributed by atoms with van der Waals surface area (Å²) in [6.45, 7) is 3.42. The molecule has 0 unspecified atom stereocenters. The van der Waals surface area contributed by atoms with Crippen LogP contribution in [0.15, 0.2) is 42.9 Å². The van der Waals surface area contributed by atoms with Crippen LogP contribution in [-0.4, -0.2) is 52.2 Å². The van der Waals surface area contributed by atoms with E-state index in [0.29, 0.717) is 36.5 Å². The number of nitrogens with one attached hydrogen (secondary N) is 2. The summed E-state index contributed by atoms with van der Waals surface area (Å²) in [5.74, 6) is 1.09. The Hall–Kier alpha value is -3.48. The maximum absolute atomic E-state index is 9.67. The summed E-state index contributed by atoms with van der Waals surface area (Å²) in [4.78, 5) is 8.99. The predicted molar refractivity (Wildman–Crippen MR) is 123 cm³/mol. The van der Waals surface area contributed by atoms with Crippen molar-refractivity contribution in [3.63, 3.8) is 0 Å². The fourth-order valence-corrected chi connectivity index (χ4v) is 4.24. The minimum Gasteiger partial charge on any atom is -0.489 e. The van der Waals surface area contributed by atoms with Gasteiger partial charge in [0.05, 0.1) is 42.4 Å². The molecule has 33 heavy (non-hydrogen) atoms. The van der Waals surface area contributed by atoms with Gasteiger partial charge in [-0.2, -0.15) is 10.4 Å². The van der Waals surface area contributed by atoms with Gasteiger partial charge < -0.3 is 20.1 Å². The fourth-order valence-electron chi connectivity index (χ4n) is 4.24. The Kier molecular flexibility index (Phi) is 6.46. The van der Waals surface area contributed by atoms with E-state index in [4.69, 9.17) is 9.47 Å². The van der Waals surface area contributed by atoms with Crippen LogP contribution < -0.4 is 15.4 Å². The second-order valence-electron chi connectivity index (χ2n) is 8.33. The minimum atomic E-state index is 0.0809.